The fraction of sp³-hybridized carbons (Fsp3) is 0.462. The van der Waals surface area contributed by atoms with Gasteiger partial charge in [-0.15, -0.1) is 11.3 Å². The summed E-state index contributed by atoms with van der Waals surface area (Å²) < 4.78 is 5.04. The van der Waals surface area contributed by atoms with Crippen LogP contribution in [0.2, 0.25) is 0 Å². The number of aryl methyl sites for hydroxylation is 1. The summed E-state index contributed by atoms with van der Waals surface area (Å²) in [7, 11) is 0. The first-order chi connectivity index (χ1) is 9.54. The molecule has 0 aliphatic rings. The number of ether oxygens (including phenoxy) is 1. The molecule has 0 spiro atoms. The zero-order chi connectivity index (χ0) is 14.7. The number of hydrogen-bond acceptors (Lipinski definition) is 7. The quantitative estimate of drug-likeness (QED) is 0.820. The van der Waals surface area contributed by atoms with Crippen molar-refractivity contribution in [3.8, 4) is 0 Å². The van der Waals surface area contributed by atoms with Gasteiger partial charge in [0.05, 0.1) is 18.1 Å². The summed E-state index contributed by atoms with van der Waals surface area (Å²) in [5.74, 6) is 0.287. The Morgan fingerprint density at radius 1 is 1.55 bits per heavy atom. The van der Waals surface area contributed by atoms with Gasteiger partial charge in [0.1, 0.15) is 21.9 Å². The normalized spacial score (nSPS) is 12.4. The fourth-order valence-corrected chi connectivity index (χ4v) is 2.88. The molecule has 2 heterocycles. The molecule has 0 aromatic carbocycles. The standard InChI is InChI=1S/C13H17N3O3S/c1-4-19-13(18)10-8(3)9-11(14-5-7(2)17)15-6-16-12(9)20-10/h6-7,17H,4-5H2,1-3H3,(H,14,15,16). The van der Waals surface area contributed by atoms with Gasteiger partial charge in [-0.3, -0.25) is 0 Å². The number of nitrogens with one attached hydrogen (secondary N) is 1. The van der Waals surface area contributed by atoms with Crippen molar-refractivity contribution in [1.29, 1.82) is 0 Å². The van der Waals surface area contributed by atoms with E-state index >= 15 is 0 Å². The minimum atomic E-state index is -0.483. The van der Waals surface area contributed by atoms with Gasteiger partial charge in [0, 0.05) is 6.54 Å². The monoisotopic (exact) mass is 295 g/mol. The van der Waals surface area contributed by atoms with E-state index in [1.165, 1.54) is 17.7 Å². The molecule has 0 saturated carbocycles. The Bertz CT molecular complexity index is 625. The van der Waals surface area contributed by atoms with Crippen molar-refractivity contribution < 1.29 is 14.6 Å². The van der Waals surface area contributed by atoms with Crippen molar-refractivity contribution in [3.63, 3.8) is 0 Å². The number of aromatic nitrogens is 2. The second-order valence-corrected chi connectivity index (χ2v) is 5.41. The molecule has 2 N–H and O–H groups in total. The number of aliphatic hydroxyl groups is 1. The highest BCUT2D eigenvalue weighted by Crippen LogP contribution is 2.33. The average Bonchev–Trinajstić information content (AvgIpc) is 2.75. The van der Waals surface area contributed by atoms with Crippen LogP contribution in [0.1, 0.15) is 29.1 Å². The van der Waals surface area contributed by atoms with E-state index in [0.29, 0.717) is 23.8 Å². The second kappa shape index (κ2) is 6.15. The Hall–Kier alpha value is -1.73. The topological polar surface area (TPSA) is 84.3 Å². The van der Waals surface area contributed by atoms with Gasteiger partial charge in [0.15, 0.2) is 0 Å². The Kier molecular flexibility index (Phi) is 4.51. The Morgan fingerprint density at radius 2 is 2.30 bits per heavy atom. The molecule has 0 fully saturated rings. The highest BCUT2D eigenvalue weighted by molar-refractivity contribution is 7.20. The van der Waals surface area contributed by atoms with E-state index in [1.54, 1.807) is 13.8 Å². The molecule has 0 radical (unpaired) electrons. The van der Waals surface area contributed by atoms with E-state index in [9.17, 15) is 9.90 Å². The minimum absolute atomic E-state index is 0.338. The third-order valence-corrected chi connectivity index (χ3v) is 3.93. The molecule has 108 valence electrons. The molecular weight excluding hydrogens is 278 g/mol. The van der Waals surface area contributed by atoms with Crippen LogP contribution in [-0.2, 0) is 4.74 Å². The van der Waals surface area contributed by atoms with Crippen molar-refractivity contribution in [2.24, 2.45) is 0 Å². The predicted molar refractivity (Wildman–Crippen MR) is 78.3 cm³/mol. The number of carbonyl (C=O) groups excluding carboxylic acids is 1. The number of rotatable bonds is 5. The summed E-state index contributed by atoms with van der Waals surface area (Å²) in [6.07, 6.45) is 0.959. The molecule has 0 aliphatic heterocycles. The van der Waals surface area contributed by atoms with Crippen LogP contribution < -0.4 is 5.32 Å². The van der Waals surface area contributed by atoms with Crippen molar-refractivity contribution >= 4 is 33.3 Å². The number of esters is 1. The SMILES string of the molecule is CCOC(=O)c1sc2ncnc(NCC(C)O)c2c1C. The van der Waals surface area contributed by atoms with E-state index < -0.39 is 6.10 Å². The van der Waals surface area contributed by atoms with Gasteiger partial charge in [0.25, 0.3) is 0 Å². The van der Waals surface area contributed by atoms with Crippen LogP contribution in [0, 0.1) is 6.92 Å². The van der Waals surface area contributed by atoms with Crippen LogP contribution in [0.5, 0.6) is 0 Å². The van der Waals surface area contributed by atoms with Crippen molar-refractivity contribution in [1.82, 2.24) is 9.97 Å². The van der Waals surface area contributed by atoms with Crippen molar-refractivity contribution in [3.05, 3.63) is 16.8 Å². The summed E-state index contributed by atoms with van der Waals surface area (Å²) in [5, 5.41) is 13.2. The molecule has 0 amide bonds. The third-order valence-electron chi connectivity index (χ3n) is 2.75. The number of carbonyl (C=O) groups is 1. The number of nitrogens with zero attached hydrogens (tertiary/aromatic N) is 2. The fourth-order valence-electron chi connectivity index (χ4n) is 1.84. The highest BCUT2D eigenvalue weighted by atomic mass is 32.1. The summed E-state index contributed by atoms with van der Waals surface area (Å²) in [6.45, 7) is 6.04. The van der Waals surface area contributed by atoms with E-state index in [2.05, 4.69) is 15.3 Å². The van der Waals surface area contributed by atoms with Gasteiger partial charge in [-0.05, 0) is 26.3 Å². The van der Waals surface area contributed by atoms with E-state index in [0.717, 1.165) is 15.8 Å². The Balaban J connectivity index is 2.43. The van der Waals surface area contributed by atoms with Crippen LogP contribution in [0.15, 0.2) is 6.33 Å². The summed E-state index contributed by atoms with van der Waals surface area (Å²) >= 11 is 1.29. The molecule has 0 saturated heterocycles. The zero-order valence-corrected chi connectivity index (χ0v) is 12.5. The van der Waals surface area contributed by atoms with E-state index in [-0.39, 0.29) is 5.97 Å². The third kappa shape index (κ3) is 2.88. The second-order valence-electron chi connectivity index (χ2n) is 4.41. The summed E-state index contributed by atoms with van der Waals surface area (Å²) in [4.78, 5) is 21.5. The molecule has 7 heteroatoms. The maximum Gasteiger partial charge on any atom is 0.348 e. The highest BCUT2D eigenvalue weighted by Gasteiger charge is 2.20. The minimum Gasteiger partial charge on any atom is -0.462 e. The molecule has 6 nitrogen and oxygen atoms in total. The van der Waals surface area contributed by atoms with Crippen molar-refractivity contribution in [2.75, 3.05) is 18.5 Å². The predicted octanol–water partition coefficient (Wildman–Crippen LogP) is 1.97. The first kappa shape index (κ1) is 14.7. The number of aliphatic hydroxyl groups excluding tert-OH is 1. The molecule has 0 bridgehead atoms. The van der Waals surface area contributed by atoms with E-state index in [4.69, 9.17) is 4.74 Å². The molecule has 20 heavy (non-hydrogen) atoms. The molecule has 1 unspecified atom stereocenters. The molecule has 1 atom stereocenters. The average molecular weight is 295 g/mol. The Morgan fingerprint density at radius 3 is 2.95 bits per heavy atom. The van der Waals surface area contributed by atoms with Crippen LogP contribution in [-0.4, -0.2) is 40.3 Å². The number of thiophene rings is 1. The Labute approximate surface area is 120 Å². The van der Waals surface area contributed by atoms with Gasteiger partial charge in [-0.1, -0.05) is 0 Å². The first-order valence-electron chi connectivity index (χ1n) is 6.37. The van der Waals surface area contributed by atoms with Crippen LogP contribution in [0.4, 0.5) is 5.82 Å². The first-order valence-corrected chi connectivity index (χ1v) is 7.19. The lowest BCUT2D eigenvalue weighted by Gasteiger charge is -2.08. The zero-order valence-electron chi connectivity index (χ0n) is 11.6. The summed E-state index contributed by atoms with van der Waals surface area (Å²) in [5.41, 5.74) is 0.803. The summed E-state index contributed by atoms with van der Waals surface area (Å²) in [6, 6.07) is 0. The lowest BCUT2D eigenvalue weighted by atomic mass is 10.2. The molecule has 0 aliphatic carbocycles. The molecule has 2 rings (SSSR count). The molecule has 2 aromatic heterocycles. The van der Waals surface area contributed by atoms with Gasteiger partial charge in [-0.25, -0.2) is 14.8 Å². The largest absolute Gasteiger partial charge is 0.462 e. The van der Waals surface area contributed by atoms with Crippen LogP contribution in [0.3, 0.4) is 0 Å². The number of fused-ring (bicyclic) bond motifs is 1. The van der Waals surface area contributed by atoms with Gasteiger partial charge >= 0.3 is 5.97 Å². The molecule has 2 aromatic rings. The van der Waals surface area contributed by atoms with E-state index in [1.807, 2.05) is 6.92 Å². The van der Waals surface area contributed by atoms with Crippen LogP contribution in [0.25, 0.3) is 10.2 Å². The van der Waals surface area contributed by atoms with Gasteiger partial charge in [0.2, 0.25) is 0 Å². The van der Waals surface area contributed by atoms with Gasteiger partial charge < -0.3 is 15.2 Å². The van der Waals surface area contributed by atoms with Crippen LogP contribution >= 0.6 is 11.3 Å². The maximum atomic E-state index is 11.9. The number of hydrogen-bond donors (Lipinski definition) is 2. The lowest BCUT2D eigenvalue weighted by Crippen LogP contribution is -2.16. The van der Waals surface area contributed by atoms with Crippen molar-refractivity contribution in [2.45, 2.75) is 26.9 Å². The number of anilines is 1. The smallest absolute Gasteiger partial charge is 0.348 e. The molecular formula is C13H17N3O3S. The maximum absolute atomic E-state index is 11.9. The van der Waals surface area contributed by atoms with Gasteiger partial charge in [-0.2, -0.15) is 0 Å². The lowest BCUT2D eigenvalue weighted by molar-refractivity contribution is 0.0531.